The maximum absolute atomic E-state index is 11.7. The third-order valence-electron chi connectivity index (χ3n) is 3.71. The standard InChI is InChI=1S/C12H22N2O2/c1-14(10-3-4-10)12(16)8-13-7-9-2-5-11(15)6-9/h9-11,13,15H,2-8H2,1H3. The Hall–Kier alpha value is -0.610. The number of carbonyl (C=O) groups excluding carboxylic acids is 1. The minimum absolute atomic E-state index is 0.114. The highest BCUT2D eigenvalue weighted by Gasteiger charge is 2.29. The minimum Gasteiger partial charge on any atom is -0.393 e. The topological polar surface area (TPSA) is 52.6 Å². The molecule has 2 fully saturated rings. The van der Waals surface area contributed by atoms with Gasteiger partial charge in [0.1, 0.15) is 0 Å². The van der Waals surface area contributed by atoms with E-state index < -0.39 is 0 Å². The quantitative estimate of drug-likeness (QED) is 0.711. The molecule has 16 heavy (non-hydrogen) atoms. The number of nitrogens with zero attached hydrogens (tertiary/aromatic N) is 1. The molecule has 0 aromatic heterocycles. The molecule has 4 nitrogen and oxygen atoms in total. The first-order chi connectivity index (χ1) is 7.66. The largest absolute Gasteiger partial charge is 0.393 e. The van der Waals surface area contributed by atoms with Gasteiger partial charge < -0.3 is 15.3 Å². The van der Waals surface area contributed by atoms with Crippen molar-refractivity contribution in [3.8, 4) is 0 Å². The molecule has 0 aromatic carbocycles. The van der Waals surface area contributed by atoms with Crippen LogP contribution in [-0.2, 0) is 4.79 Å². The lowest BCUT2D eigenvalue weighted by Crippen LogP contribution is -2.38. The fraction of sp³-hybridized carbons (Fsp3) is 0.917. The number of nitrogens with one attached hydrogen (secondary N) is 1. The van der Waals surface area contributed by atoms with Crippen molar-refractivity contribution in [2.24, 2.45) is 5.92 Å². The van der Waals surface area contributed by atoms with Crippen molar-refractivity contribution in [3.63, 3.8) is 0 Å². The van der Waals surface area contributed by atoms with Crippen LogP contribution in [-0.4, -0.2) is 48.2 Å². The maximum atomic E-state index is 11.7. The smallest absolute Gasteiger partial charge is 0.236 e. The molecule has 2 aliphatic carbocycles. The molecule has 2 atom stereocenters. The Kier molecular flexibility index (Phi) is 3.82. The van der Waals surface area contributed by atoms with Gasteiger partial charge in [0, 0.05) is 13.1 Å². The van der Waals surface area contributed by atoms with E-state index in [9.17, 15) is 9.90 Å². The monoisotopic (exact) mass is 226 g/mol. The van der Waals surface area contributed by atoms with Crippen molar-refractivity contribution >= 4 is 5.91 Å². The van der Waals surface area contributed by atoms with Gasteiger partial charge in [0.25, 0.3) is 0 Å². The van der Waals surface area contributed by atoms with Gasteiger partial charge in [-0.3, -0.25) is 4.79 Å². The predicted octanol–water partition coefficient (Wildman–Crippen LogP) is 0.358. The number of hydrogen-bond acceptors (Lipinski definition) is 3. The van der Waals surface area contributed by atoms with Gasteiger partial charge in [0.05, 0.1) is 12.6 Å². The minimum atomic E-state index is -0.114. The highest BCUT2D eigenvalue weighted by molar-refractivity contribution is 5.78. The van der Waals surface area contributed by atoms with Crippen LogP contribution in [0.5, 0.6) is 0 Å². The number of aliphatic hydroxyl groups is 1. The van der Waals surface area contributed by atoms with E-state index in [1.807, 2.05) is 11.9 Å². The molecule has 2 N–H and O–H groups in total. The van der Waals surface area contributed by atoms with Gasteiger partial charge in [-0.15, -0.1) is 0 Å². The fourth-order valence-corrected chi connectivity index (χ4v) is 2.41. The lowest BCUT2D eigenvalue weighted by molar-refractivity contribution is -0.129. The van der Waals surface area contributed by atoms with Crippen LogP contribution in [0.2, 0.25) is 0 Å². The molecule has 0 aromatic rings. The van der Waals surface area contributed by atoms with Crippen LogP contribution in [0.3, 0.4) is 0 Å². The summed E-state index contributed by atoms with van der Waals surface area (Å²) in [4.78, 5) is 13.5. The summed E-state index contributed by atoms with van der Waals surface area (Å²) in [6, 6.07) is 0.502. The summed E-state index contributed by atoms with van der Waals surface area (Å²) in [6.45, 7) is 1.31. The van der Waals surface area contributed by atoms with Crippen molar-refractivity contribution in [3.05, 3.63) is 0 Å². The molecule has 2 saturated carbocycles. The molecule has 0 heterocycles. The van der Waals surface area contributed by atoms with Crippen molar-refractivity contribution < 1.29 is 9.90 Å². The van der Waals surface area contributed by atoms with Crippen LogP contribution in [0, 0.1) is 5.92 Å². The number of aliphatic hydroxyl groups excluding tert-OH is 1. The van der Waals surface area contributed by atoms with E-state index in [2.05, 4.69) is 5.32 Å². The van der Waals surface area contributed by atoms with Gasteiger partial charge >= 0.3 is 0 Å². The van der Waals surface area contributed by atoms with E-state index in [0.29, 0.717) is 18.5 Å². The average molecular weight is 226 g/mol. The first-order valence-corrected chi connectivity index (χ1v) is 6.31. The first kappa shape index (κ1) is 11.9. The summed E-state index contributed by atoms with van der Waals surface area (Å²) >= 11 is 0. The maximum Gasteiger partial charge on any atom is 0.236 e. The van der Waals surface area contributed by atoms with E-state index >= 15 is 0 Å². The van der Waals surface area contributed by atoms with E-state index in [1.54, 1.807) is 0 Å². The molecular weight excluding hydrogens is 204 g/mol. The van der Waals surface area contributed by atoms with Crippen LogP contribution in [0.25, 0.3) is 0 Å². The molecule has 1 amide bonds. The summed E-state index contributed by atoms with van der Waals surface area (Å²) < 4.78 is 0. The molecule has 0 spiro atoms. The van der Waals surface area contributed by atoms with Gasteiger partial charge in [-0.05, 0) is 44.6 Å². The number of amides is 1. The van der Waals surface area contributed by atoms with Crippen LogP contribution < -0.4 is 5.32 Å². The lowest BCUT2D eigenvalue weighted by atomic mass is 10.1. The predicted molar refractivity (Wildman–Crippen MR) is 62.0 cm³/mol. The van der Waals surface area contributed by atoms with Crippen LogP contribution >= 0.6 is 0 Å². The van der Waals surface area contributed by atoms with E-state index in [4.69, 9.17) is 0 Å². The molecule has 0 radical (unpaired) electrons. The normalized spacial score (nSPS) is 29.4. The van der Waals surface area contributed by atoms with E-state index in [0.717, 1.165) is 38.6 Å². The summed E-state index contributed by atoms with van der Waals surface area (Å²) in [5.41, 5.74) is 0. The lowest BCUT2D eigenvalue weighted by Gasteiger charge is -2.17. The zero-order valence-electron chi connectivity index (χ0n) is 9.98. The third-order valence-corrected chi connectivity index (χ3v) is 3.71. The van der Waals surface area contributed by atoms with Gasteiger partial charge in [-0.25, -0.2) is 0 Å². The fourth-order valence-electron chi connectivity index (χ4n) is 2.41. The Morgan fingerprint density at radius 3 is 2.69 bits per heavy atom. The zero-order valence-corrected chi connectivity index (χ0v) is 9.98. The summed E-state index contributed by atoms with van der Waals surface area (Å²) in [5, 5.41) is 12.6. The third kappa shape index (κ3) is 3.19. The van der Waals surface area contributed by atoms with Gasteiger partial charge in [0.15, 0.2) is 0 Å². The second-order valence-electron chi connectivity index (χ2n) is 5.20. The SMILES string of the molecule is CN(C(=O)CNCC1CCC(O)C1)C1CC1. The second-order valence-corrected chi connectivity index (χ2v) is 5.20. The second kappa shape index (κ2) is 5.15. The Balaban J connectivity index is 1.58. The molecule has 92 valence electrons. The van der Waals surface area contributed by atoms with E-state index in [-0.39, 0.29) is 12.0 Å². The van der Waals surface area contributed by atoms with E-state index in [1.165, 1.54) is 0 Å². The van der Waals surface area contributed by atoms with Crippen molar-refractivity contribution in [2.45, 2.75) is 44.2 Å². The number of carbonyl (C=O) groups is 1. The molecular formula is C12H22N2O2. The molecule has 0 bridgehead atoms. The van der Waals surface area contributed by atoms with Gasteiger partial charge in [-0.1, -0.05) is 0 Å². The summed E-state index contributed by atoms with van der Waals surface area (Å²) in [5.74, 6) is 0.745. The molecule has 2 unspecified atom stereocenters. The average Bonchev–Trinajstić information content (AvgIpc) is 3.02. The molecule has 0 aliphatic heterocycles. The molecule has 0 saturated heterocycles. The van der Waals surface area contributed by atoms with Crippen LogP contribution in [0.1, 0.15) is 32.1 Å². The molecule has 2 rings (SSSR count). The molecule has 2 aliphatic rings. The van der Waals surface area contributed by atoms with Crippen molar-refractivity contribution in [1.29, 1.82) is 0 Å². The highest BCUT2D eigenvalue weighted by atomic mass is 16.3. The Morgan fingerprint density at radius 1 is 1.38 bits per heavy atom. The Bertz CT molecular complexity index is 253. The van der Waals surface area contributed by atoms with Gasteiger partial charge in [0.2, 0.25) is 5.91 Å². The summed E-state index contributed by atoms with van der Waals surface area (Å²) in [7, 11) is 1.89. The zero-order chi connectivity index (χ0) is 11.5. The van der Waals surface area contributed by atoms with Crippen LogP contribution in [0.4, 0.5) is 0 Å². The number of hydrogen-bond donors (Lipinski definition) is 2. The Morgan fingerprint density at radius 2 is 2.12 bits per heavy atom. The first-order valence-electron chi connectivity index (χ1n) is 6.31. The highest BCUT2D eigenvalue weighted by Crippen LogP contribution is 2.25. The number of rotatable bonds is 5. The molecule has 4 heteroatoms. The van der Waals surface area contributed by atoms with Crippen molar-refractivity contribution in [2.75, 3.05) is 20.1 Å². The Labute approximate surface area is 97.0 Å². The number of likely N-dealkylation sites (N-methyl/N-ethyl adjacent to an activating group) is 1. The summed E-state index contributed by atoms with van der Waals surface area (Å²) in [6.07, 6.45) is 5.10. The van der Waals surface area contributed by atoms with Crippen LogP contribution in [0.15, 0.2) is 0 Å². The van der Waals surface area contributed by atoms with Crippen molar-refractivity contribution in [1.82, 2.24) is 10.2 Å². The van der Waals surface area contributed by atoms with Gasteiger partial charge in [-0.2, -0.15) is 0 Å².